The molecule has 1 amide bonds. The Morgan fingerprint density at radius 1 is 1.10 bits per heavy atom. The lowest BCUT2D eigenvalue weighted by Crippen LogP contribution is -2.16. The van der Waals surface area contributed by atoms with Crippen LogP contribution in [0.4, 0.5) is 14.5 Å². The van der Waals surface area contributed by atoms with Crippen LogP contribution in [0, 0.1) is 18.6 Å². The number of aromatic nitrogens is 6. The first kappa shape index (κ1) is 18.9. The number of fused-ring (bicyclic) bond motifs is 2. The van der Waals surface area contributed by atoms with Crippen molar-refractivity contribution < 1.29 is 13.6 Å². The molecular weight excluding hydrogens is 404 g/mol. The van der Waals surface area contributed by atoms with Crippen molar-refractivity contribution in [1.82, 2.24) is 29.8 Å². The summed E-state index contributed by atoms with van der Waals surface area (Å²) in [6.45, 7) is 1.88. The summed E-state index contributed by atoms with van der Waals surface area (Å²) in [4.78, 5) is 12.7. The lowest BCUT2D eigenvalue weighted by Gasteiger charge is -2.09. The third-order valence-corrected chi connectivity index (χ3v) is 5.24. The smallest absolute Gasteiger partial charge is 0.261 e. The van der Waals surface area contributed by atoms with Gasteiger partial charge in [0.2, 0.25) is 0 Å². The van der Waals surface area contributed by atoms with Crippen LogP contribution in [0.1, 0.15) is 16.1 Å². The first-order valence-corrected chi connectivity index (χ1v) is 9.43. The zero-order valence-electron chi connectivity index (χ0n) is 16.9. The Balaban J connectivity index is 1.54. The highest BCUT2D eigenvalue weighted by Crippen LogP contribution is 2.30. The van der Waals surface area contributed by atoms with Crippen molar-refractivity contribution in [2.24, 2.45) is 14.1 Å². The highest BCUT2D eigenvalue weighted by molar-refractivity contribution is 6.08. The second-order valence-corrected chi connectivity index (χ2v) is 7.33. The molecule has 8 nitrogen and oxygen atoms in total. The number of nitrogens with zero attached hydrogens (tertiary/aromatic N) is 5. The number of aryl methyl sites for hydroxylation is 3. The van der Waals surface area contributed by atoms with Crippen LogP contribution >= 0.6 is 0 Å². The summed E-state index contributed by atoms with van der Waals surface area (Å²) < 4.78 is 32.5. The molecule has 0 aliphatic rings. The molecule has 31 heavy (non-hydrogen) atoms. The number of halogens is 2. The average molecular weight is 421 g/mol. The Bertz CT molecular complexity index is 1490. The van der Waals surface area contributed by atoms with Crippen LogP contribution in [0.3, 0.4) is 0 Å². The molecule has 0 unspecified atom stereocenters. The molecule has 2 aromatic carbocycles. The van der Waals surface area contributed by atoms with Crippen LogP contribution in [0.15, 0.2) is 36.5 Å². The van der Waals surface area contributed by atoms with E-state index in [0.717, 1.165) is 28.4 Å². The van der Waals surface area contributed by atoms with Gasteiger partial charge in [0.1, 0.15) is 22.9 Å². The van der Waals surface area contributed by atoms with Crippen molar-refractivity contribution >= 4 is 33.4 Å². The van der Waals surface area contributed by atoms with Crippen molar-refractivity contribution in [3.05, 3.63) is 59.4 Å². The van der Waals surface area contributed by atoms with Gasteiger partial charge in [0.15, 0.2) is 0 Å². The Hall–Kier alpha value is -4.08. The molecule has 5 aromatic rings. The fourth-order valence-electron chi connectivity index (χ4n) is 3.74. The Kier molecular flexibility index (Phi) is 4.10. The average Bonchev–Trinajstić information content (AvgIpc) is 3.39. The van der Waals surface area contributed by atoms with Gasteiger partial charge in [-0.2, -0.15) is 15.3 Å². The standard InChI is InChI=1S/C21H17F2N7O/c1-10-6-17(30(3)28-10)20-12-7-11(4-5-15(12)26-27-20)25-21(31)18-14(22)8-16-13(19(18)23)9-24-29(16)2/h4-9H,1-3H3,(H,25,31)(H,26,27). The molecule has 0 aliphatic carbocycles. The molecule has 2 N–H and O–H groups in total. The molecule has 0 spiro atoms. The van der Waals surface area contributed by atoms with Gasteiger partial charge < -0.3 is 5.32 Å². The molecule has 5 rings (SSSR count). The predicted molar refractivity (Wildman–Crippen MR) is 112 cm³/mol. The fourth-order valence-corrected chi connectivity index (χ4v) is 3.74. The molecule has 0 bridgehead atoms. The van der Waals surface area contributed by atoms with Crippen LogP contribution in [0.25, 0.3) is 33.2 Å². The van der Waals surface area contributed by atoms with Gasteiger partial charge in [0.05, 0.1) is 34.0 Å². The lowest BCUT2D eigenvalue weighted by molar-refractivity contribution is 0.101. The largest absolute Gasteiger partial charge is 0.322 e. The predicted octanol–water partition coefficient (Wildman–Crippen LogP) is 3.69. The maximum absolute atomic E-state index is 14.9. The number of amides is 1. The van der Waals surface area contributed by atoms with Gasteiger partial charge in [-0.15, -0.1) is 0 Å². The number of hydrogen-bond acceptors (Lipinski definition) is 4. The molecule has 3 heterocycles. The molecule has 156 valence electrons. The quantitative estimate of drug-likeness (QED) is 0.465. The highest BCUT2D eigenvalue weighted by Gasteiger charge is 2.23. The van der Waals surface area contributed by atoms with E-state index in [1.165, 1.54) is 10.9 Å². The second kappa shape index (κ2) is 6.73. The van der Waals surface area contributed by atoms with Crippen LogP contribution in [-0.4, -0.2) is 35.7 Å². The van der Waals surface area contributed by atoms with Crippen LogP contribution in [0.2, 0.25) is 0 Å². The number of hydrogen-bond donors (Lipinski definition) is 2. The number of carbonyl (C=O) groups is 1. The minimum Gasteiger partial charge on any atom is -0.322 e. The van der Waals surface area contributed by atoms with E-state index >= 15 is 0 Å². The van der Waals surface area contributed by atoms with E-state index < -0.39 is 23.1 Å². The Morgan fingerprint density at radius 2 is 1.90 bits per heavy atom. The first-order valence-electron chi connectivity index (χ1n) is 9.43. The summed E-state index contributed by atoms with van der Waals surface area (Å²) in [5.41, 5.74) is 3.03. The summed E-state index contributed by atoms with van der Waals surface area (Å²) >= 11 is 0. The van der Waals surface area contributed by atoms with Gasteiger partial charge in [0.25, 0.3) is 5.91 Å². The third kappa shape index (κ3) is 2.95. The summed E-state index contributed by atoms with van der Waals surface area (Å²) in [7, 11) is 3.39. The number of nitrogens with one attached hydrogen (secondary N) is 2. The zero-order valence-corrected chi connectivity index (χ0v) is 16.9. The van der Waals surface area contributed by atoms with E-state index in [2.05, 4.69) is 25.7 Å². The lowest BCUT2D eigenvalue weighted by atomic mass is 10.1. The van der Waals surface area contributed by atoms with E-state index in [9.17, 15) is 13.6 Å². The van der Waals surface area contributed by atoms with Crippen molar-refractivity contribution in [3.8, 4) is 11.4 Å². The molecule has 0 fully saturated rings. The fraction of sp³-hybridized carbons (Fsp3) is 0.143. The molecule has 0 saturated carbocycles. The van der Waals surface area contributed by atoms with Crippen molar-refractivity contribution in [2.75, 3.05) is 5.32 Å². The summed E-state index contributed by atoms with van der Waals surface area (Å²) in [5.74, 6) is -2.79. The second-order valence-electron chi connectivity index (χ2n) is 7.33. The van der Waals surface area contributed by atoms with Gasteiger partial charge in [-0.1, -0.05) is 0 Å². The van der Waals surface area contributed by atoms with Crippen molar-refractivity contribution in [3.63, 3.8) is 0 Å². The normalized spacial score (nSPS) is 11.5. The summed E-state index contributed by atoms with van der Waals surface area (Å²) in [5, 5.41) is 18.9. The van der Waals surface area contributed by atoms with Crippen LogP contribution in [0.5, 0.6) is 0 Å². The topological polar surface area (TPSA) is 93.4 Å². The van der Waals surface area contributed by atoms with E-state index in [4.69, 9.17) is 0 Å². The number of benzene rings is 2. The van der Waals surface area contributed by atoms with Gasteiger partial charge in [-0.25, -0.2) is 8.78 Å². The first-order chi connectivity index (χ1) is 14.8. The van der Waals surface area contributed by atoms with Crippen molar-refractivity contribution in [1.29, 1.82) is 0 Å². The van der Waals surface area contributed by atoms with Gasteiger partial charge in [-0.3, -0.25) is 19.3 Å². The highest BCUT2D eigenvalue weighted by atomic mass is 19.1. The SMILES string of the molecule is Cc1cc(-c2n[nH]c3ccc(NC(=O)c4c(F)cc5c(cnn5C)c4F)cc23)n(C)n1. The molecule has 0 radical (unpaired) electrons. The van der Waals surface area contributed by atoms with E-state index in [0.29, 0.717) is 11.4 Å². The number of carbonyl (C=O) groups excluding carboxylic acids is 1. The van der Waals surface area contributed by atoms with E-state index in [1.54, 1.807) is 29.9 Å². The molecule has 0 aliphatic heterocycles. The zero-order chi connectivity index (χ0) is 21.9. The molecule has 3 aromatic heterocycles. The molecule has 0 saturated heterocycles. The summed E-state index contributed by atoms with van der Waals surface area (Å²) in [6, 6.07) is 8.07. The van der Waals surface area contributed by atoms with Crippen LogP contribution in [-0.2, 0) is 14.1 Å². The summed E-state index contributed by atoms with van der Waals surface area (Å²) in [6.07, 6.45) is 1.26. The van der Waals surface area contributed by atoms with Gasteiger partial charge in [-0.05, 0) is 31.2 Å². The number of rotatable bonds is 3. The maximum atomic E-state index is 14.9. The third-order valence-electron chi connectivity index (χ3n) is 5.24. The Morgan fingerprint density at radius 3 is 2.65 bits per heavy atom. The molecule has 0 atom stereocenters. The van der Waals surface area contributed by atoms with E-state index in [1.807, 2.05) is 20.0 Å². The minimum absolute atomic E-state index is 0.0770. The van der Waals surface area contributed by atoms with Gasteiger partial charge in [0, 0.05) is 31.2 Å². The number of anilines is 1. The molecular formula is C21H17F2N7O. The number of H-pyrrole nitrogens is 1. The number of aromatic amines is 1. The van der Waals surface area contributed by atoms with Gasteiger partial charge >= 0.3 is 0 Å². The maximum Gasteiger partial charge on any atom is 0.261 e. The molecule has 10 heteroatoms. The van der Waals surface area contributed by atoms with E-state index in [-0.39, 0.29) is 10.9 Å². The van der Waals surface area contributed by atoms with Crippen LogP contribution < -0.4 is 5.32 Å². The Labute approximate surface area is 174 Å². The van der Waals surface area contributed by atoms with Crippen molar-refractivity contribution in [2.45, 2.75) is 6.92 Å². The minimum atomic E-state index is -0.957. The monoisotopic (exact) mass is 421 g/mol.